The number of amides is 1. The Bertz CT molecular complexity index is 674. The number of hydrogen-bond donors (Lipinski definition) is 1. The fourth-order valence-electron chi connectivity index (χ4n) is 4.20. The lowest BCUT2D eigenvalue weighted by atomic mass is 9.68. The molecular formula is C19H23NO3. The quantitative estimate of drug-likeness (QED) is 0.682. The summed E-state index contributed by atoms with van der Waals surface area (Å²) in [6.07, 6.45) is 2.86. The van der Waals surface area contributed by atoms with Crippen LogP contribution in [-0.2, 0) is 9.53 Å². The van der Waals surface area contributed by atoms with Crippen molar-refractivity contribution >= 4 is 17.6 Å². The van der Waals surface area contributed by atoms with Gasteiger partial charge in [0.1, 0.15) is 0 Å². The van der Waals surface area contributed by atoms with Crippen LogP contribution in [0.1, 0.15) is 43.5 Å². The zero-order chi connectivity index (χ0) is 16.8. The van der Waals surface area contributed by atoms with Gasteiger partial charge in [-0.25, -0.2) is 4.79 Å². The smallest absolute Gasteiger partial charge is 0.337 e. The highest BCUT2D eigenvalue weighted by Crippen LogP contribution is 2.65. The van der Waals surface area contributed by atoms with E-state index in [-0.39, 0.29) is 17.3 Å². The van der Waals surface area contributed by atoms with Gasteiger partial charge in [-0.05, 0) is 54.9 Å². The highest BCUT2D eigenvalue weighted by molar-refractivity contribution is 5.99. The van der Waals surface area contributed by atoms with Crippen LogP contribution in [0.2, 0.25) is 0 Å². The van der Waals surface area contributed by atoms with Crippen molar-refractivity contribution in [2.75, 3.05) is 12.4 Å². The lowest BCUT2D eigenvalue weighted by Gasteiger charge is -2.37. The van der Waals surface area contributed by atoms with Gasteiger partial charge in [-0.1, -0.05) is 26.0 Å². The molecule has 1 aromatic carbocycles. The fourth-order valence-corrected chi connectivity index (χ4v) is 4.20. The van der Waals surface area contributed by atoms with Crippen LogP contribution in [0, 0.1) is 16.7 Å². The van der Waals surface area contributed by atoms with Gasteiger partial charge in [0.15, 0.2) is 0 Å². The first-order valence-electron chi connectivity index (χ1n) is 8.01. The minimum absolute atomic E-state index is 0.0291. The average Bonchev–Trinajstić information content (AvgIpc) is 3.07. The first-order valence-corrected chi connectivity index (χ1v) is 8.01. The Kier molecular flexibility index (Phi) is 3.58. The molecule has 0 unspecified atom stereocenters. The molecular weight excluding hydrogens is 290 g/mol. The minimum Gasteiger partial charge on any atom is -0.465 e. The summed E-state index contributed by atoms with van der Waals surface area (Å²) in [5, 5.41) is 3.00. The second-order valence-corrected chi connectivity index (χ2v) is 7.25. The molecule has 122 valence electrons. The van der Waals surface area contributed by atoms with E-state index in [1.54, 1.807) is 24.3 Å². The molecule has 0 aromatic heterocycles. The molecule has 2 aliphatic rings. The van der Waals surface area contributed by atoms with Crippen molar-refractivity contribution in [1.29, 1.82) is 0 Å². The third-order valence-corrected chi connectivity index (χ3v) is 5.89. The van der Waals surface area contributed by atoms with Gasteiger partial charge < -0.3 is 10.1 Å². The monoisotopic (exact) mass is 313 g/mol. The number of nitrogens with one attached hydrogen (secondary N) is 1. The molecule has 1 amide bonds. The number of anilines is 1. The van der Waals surface area contributed by atoms with E-state index in [1.807, 2.05) is 0 Å². The van der Waals surface area contributed by atoms with Crippen molar-refractivity contribution < 1.29 is 14.3 Å². The first-order chi connectivity index (χ1) is 10.8. The van der Waals surface area contributed by atoms with Crippen LogP contribution in [-0.4, -0.2) is 19.0 Å². The van der Waals surface area contributed by atoms with Gasteiger partial charge in [0.05, 0.1) is 18.1 Å². The van der Waals surface area contributed by atoms with Crippen LogP contribution in [0.5, 0.6) is 0 Å². The van der Waals surface area contributed by atoms with Crippen molar-refractivity contribution in [1.82, 2.24) is 0 Å². The van der Waals surface area contributed by atoms with Crippen LogP contribution in [0.3, 0.4) is 0 Å². The van der Waals surface area contributed by atoms with Crippen molar-refractivity contribution in [3.8, 4) is 0 Å². The maximum absolute atomic E-state index is 12.9. The molecule has 0 aliphatic heterocycles. The maximum Gasteiger partial charge on any atom is 0.337 e. The second kappa shape index (κ2) is 5.22. The topological polar surface area (TPSA) is 55.4 Å². The van der Waals surface area contributed by atoms with E-state index in [4.69, 9.17) is 0 Å². The third kappa shape index (κ3) is 2.28. The summed E-state index contributed by atoms with van der Waals surface area (Å²) in [5.74, 6) is 0.190. The summed E-state index contributed by atoms with van der Waals surface area (Å²) in [4.78, 5) is 24.4. The molecule has 4 heteroatoms. The largest absolute Gasteiger partial charge is 0.465 e. The van der Waals surface area contributed by atoms with E-state index >= 15 is 0 Å². The zero-order valence-electron chi connectivity index (χ0n) is 13.9. The van der Waals surface area contributed by atoms with Crippen molar-refractivity contribution in [3.05, 3.63) is 42.0 Å². The van der Waals surface area contributed by atoms with Crippen LogP contribution < -0.4 is 5.32 Å². The number of hydrogen-bond acceptors (Lipinski definition) is 3. The van der Waals surface area contributed by atoms with Gasteiger partial charge in [-0.15, -0.1) is 0 Å². The van der Waals surface area contributed by atoms with Gasteiger partial charge in [0.25, 0.3) is 0 Å². The number of esters is 1. The van der Waals surface area contributed by atoms with Gasteiger partial charge in [0.2, 0.25) is 5.91 Å². The molecule has 2 atom stereocenters. The van der Waals surface area contributed by atoms with E-state index < -0.39 is 5.41 Å². The zero-order valence-corrected chi connectivity index (χ0v) is 13.9. The maximum atomic E-state index is 12.9. The summed E-state index contributed by atoms with van der Waals surface area (Å²) >= 11 is 0. The van der Waals surface area contributed by atoms with Crippen LogP contribution >= 0.6 is 0 Å². The summed E-state index contributed by atoms with van der Waals surface area (Å²) in [5.41, 5.74) is 1.82. The number of rotatable bonds is 3. The Hall–Kier alpha value is -2.10. The predicted octanol–water partition coefficient (Wildman–Crippen LogP) is 3.79. The SMILES string of the molecule is C=C1C(C)(C)[C@@H]2CC[C@]1(C(=O)Nc1ccc(C(=O)OC)cc1)C2. The number of fused-ring (bicyclic) bond motifs is 2. The van der Waals surface area contributed by atoms with E-state index in [0.717, 1.165) is 24.8 Å². The van der Waals surface area contributed by atoms with E-state index in [1.165, 1.54) is 7.11 Å². The number of carbonyl (C=O) groups excluding carboxylic acids is 2. The Morgan fingerprint density at radius 2 is 1.91 bits per heavy atom. The molecule has 1 aromatic rings. The molecule has 1 N–H and O–H groups in total. The minimum atomic E-state index is -0.435. The molecule has 2 bridgehead atoms. The Morgan fingerprint density at radius 1 is 1.26 bits per heavy atom. The molecule has 0 spiro atoms. The Morgan fingerprint density at radius 3 is 2.43 bits per heavy atom. The molecule has 0 saturated heterocycles. The predicted molar refractivity (Wildman–Crippen MR) is 89.1 cm³/mol. The number of methoxy groups -OCH3 is 1. The molecule has 3 rings (SSSR count). The summed E-state index contributed by atoms with van der Waals surface area (Å²) in [6, 6.07) is 6.78. The number of benzene rings is 1. The molecule has 4 nitrogen and oxygen atoms in total. The normalized spacial score (nSPS) is 27.8. The van der Waals surface area contributed by atoms with Gasteiger partial charge in [-0.2, -0.15) is 0 Å². The van der Waals surface area contributed by atoms with Crippen molar-refractivity contribution in [3.63, 3.8) is 0 Å². The molecule has 2 aliphatic carbocycles. The van der Waals surface area contributed by atoms with E-state index in [9.17, 15) is 9.59 Å². The fraction of sp³-hybridized carbons (Fsp3) is 0.474. The highest BCUT2D eigenvalue weighted by atomic mass is 16.5. The summed E-state index contributed by atoms with van der Waals surface area (Å²) < 4.78 is 4.68. The van der Waals surface area contributed by atoms with Crippen LogP contribution in [0.4, 0.5) is 5.69 Å². The van der Waals surface area contributed by atoms with Crippen LogP contribution in [0.25, 0.3) is 0 Å². The standard InChI is InChI=1S/C19H23NO3/c1-12-18(2,3)14-9-10-19(12,11-14)17(22)20-15-7-5-13(6-8-15)16(21)23-4/h5-8,14H,1,9-11H2,2-4H3,(H,20,22)/t14-,19+/m1/s1. The van der Waals surface area contributed by atoms with Gasteiger partial charge in [-0.3, -0.25) is 4.79 Å². The van der Waals surface area contributed by atoms with Crippen molar-refractivity contribution in [2.24, 2.45) is 16.7 Å². The second-order valence-electron chi connectivity index (χ2n) is 7.25. The average molecular weight is 313 g/mol. The van der Waals surface area contributed by atoms with Crippen molar-refractivity contribution in [2.45, 2.75) is 33.1 Å². The first kappa shape index (κ1) is 15.8. The molecule has 2 saturated carbocycles. The van der Waals surface area contributed by atoms with E-state index in [0.29, 0.717) is 17.2 Å². The number of ether oxygens (including phenoxy) is 1. The summed E-state index contributed by atoms with van der Waals surface area (Å²) in [6.45, 7) is 8.64. The Balaban J connectivity index is 1.78. The van der Waals surface area contributed by atoms with Crippen LogP contribution in [0.15, 0.2) is 36.4 Å². The number of carbonyl (C=O) groups is 2. The third-order valence-electron chi connectivity index (χ3n) is 5.89. The molecule has 23 heavy (non-hydrogen) atoms. The highest BCUT2D eigenvalue weighted by Gasteiger charge is 2.60. The molecule has 0 radical (unpaired) electrons. The van der Waals surface area contributed by atoms with Gasteiger partial charge in [0, 0.05) is 5.69 Å². The molecule has 0 heterocycles. The molecule has 2 fully saturated rings. The summed E-state index contributed by atoms with van der Waals surface area (Å²) in [7, 11) is 1.35. The lowest BCUT2D eigenvalue weighted by molar-refractivity contribution is -0.123. The van der Waals surface area contributed by atoms with E-state index in [2.05, 4.69) is 30.5 Å². The van der Waals surface area contributed by atoms with Gasteiger partial charge >= 0.3 is 5.97 Å². The Labute approximate surface area is 136 Å². The lowest BCUT2D eigenvalue weighted by Crippen LogP contribution is -2.37.